The van der Waals surface area contributed by atoms with E-state index >= 15 is 0 Å². The van der Waals surface area contributed by atoms with Crippen LogP contribution in [0.25, 0.3) is 0 Å². The zero-order valence-corrected chi connectivity index (χ0v) is 11.5. The molecule has 2 N–H and O–H groups in total. The highest BCUT2D eigenvalue weighted by molar-refractivity contribution is 5.85. The molecular weight excluding hydrogens is 290 g/mol. The quantitative estimate of drug-likeness (QED) is 0.896. The number of ether oxygens (including phenoxy) is 1. The topological polar surface area (TPSA) is 50.4 Å². The number of rotatable bonds is 4. The summed E-state index contributed by atoms with van der Waals surface area (Å²) in [5.41, 5.74) is 0.854. The maximum atomic E-state index is 12.7. The molecule has 112 valence electrons. The summed E-state index contributed by atoms with van der Waals surface area (Å²) in [6, 6.07) is 8.61. The lowest BCUT2D eigenvalue weighted by atomic mass is 10.1. The predicted octanol–water partition coefficient (Wildman–Crippen LogP) is 2.19. The van der Waals surface area contributed by atoms with Gasteiger partial charge in [0.25, 0.3) is 0 Å². The molecule has 0 spiro atoms. The lowest BCUT2D eigenvalue weighted by Crippen LogP contribution is -2.42. The van der Waals surface area contributed by atoms with Crippen molar-refractivity contribution >= 4 is 18.5 Å². The van der Waals surface area contributed by atoms with Gasteiger partial charge in [-0.25, -0.2) is 13.6 Å². The molecule has 1 heterocycles. The van der Waals surface area contributed by atoms with E-state index in [4.69, 9.17) is 4.74 Å². The third-order valence-corrected chi connectivity index (χ3v) is 3.10. The zero-order chi connectivity index (χ0) is 13.7. The number of halogens is 3. The molecule has 0 unspecified atom stereocenters. The summed E-state index contributed by atoms with van der Waals surface area (Å²) in [6.45, 7) is 0.683. The first-order valence-corrected chi connectivity index (χ1v) is 6.13. The Bertz CT molecular complexity index is 420. The van der Waals surface area contributed by atoms with Gasteiger partial charge in [0.1, 0.15) is 6.61 Å². The number of carbonyl (C=O) groups excluding carboxylic acids is 1. The molecule has 1 aliphatic heterocycles. The van der Waals surface area contributed by atoms with Gasteiger partial charge in [-0.15, -0.1) is 12.4 Å². The molecule has 1 aromatic carbocycles. The predicted molar refractivity (Wildman–Crippen MR) is 73.2 cm³/mol. The molecule has 0 radical (unpaired) electrons. The smallest absolute Gasteiger partial charge is 0.407 e. The van der Waals surface area contributed by atoms with Gasteiger partial charge in [-0.1, -0.05) is 30.3 Å². The normalized spacial score (nSPS) is 21.4. The Labute approximate surface area is 122 Å². The maximum absolute atomic E-state index is 12.7. The van der Waals surface area contributed by atoms with Gasteiger partial charge in [0.05, 0.1) is 12.0 Å². The molecule has 0 saturated carbocycles. The van der Waals surface area contributed by atoms with Crippen LogP contribution in [-0.2, 0) is 11.3 Å². The van der Waals surface area contributed by atoms with Gasteiger partial charge in [0.15, 0.2) is 0 Å². The van der Waals surface area contributed by atoms with Crippen molar-refractivity contribution in [3.05, 3.63) is 35.9 Å². The molecule has 1 aromatic rings. The number of hydrogen-bond acceptors (Lipinski definition) is 3. The Morgan fingerprint density at radius 1 is 1.35 bits per heavy atom. The number of amides is 1. The van der Waals surface area contributed by atoms with Gasteiger partial charge >= 0.3 is 6.09 Å². The highest BCUT2D eigenvalue weighted by atomic mass is 35.5. The summed E-state index contributed by atoms with van der Waals surface area (Å²) < 4.78 is 30.3. The van der Waals surface area contributed by atoms with Crippen LogP contribution in [0.3, 0.4) is 0 Å². The van der Waals surface area contributed by atoms with E-state index in [2.05, 4.69) is 10.6 Å². The molecule has 0 aliphatic carbocycles. The van der Waals surface area contributed by atoms with Crippen molar-refractivity contribution in [2.75, 3.05) is 13.1 Å². The molecule has 4 nitrogen and oxygen atoms in total. The summed E-state index contributed by atoms with van der Waals surface area (Å²) in [5.74, 6) is -0.857. The largest absolute Gasteiger partial charge is 0.445 e. The molecular formula is C13H17ClF2N2O2. The van der Waals surface area contributed by atoms with Gasteiger partial charge in [-0.05, 0) is 5.56 Å². The maximum Gasteiger partial charge on any atom is 0.407 e. The Hall–Kier alpha value is -1.40. The highest BCUT2D eigenvalue weighted by Crippen LogP contribution is 2.17. The van der Waals surface area contributed by atoms with Gasteiger partial charge in [-0.2, -0.15) is 0 Å². The second-order valence-corrected chi connectivity index (χ2v) is 4.47. The lowest BCUT2D eigenvalue weighted by Gasteiger charge is -2.18. The number of benzene rings is 1. The average Bonchev–Trinajstić information content (AvgIpc) is 2.86. The Morgan fingerprint density at radius 3 is 2.70 bits per heavy atom. The molecule has 20 heavy (non-hydrogen) atoms. The monoisotopic (exact) mass is 306 g/mol. The number of alkyl halides is 2. The van der Waals surface area contributed by atoms with E-state index in [0.29, 0.717) is 6.54 Å². The van der Waals surface area contributed by atoms with Crippen molar-refractivity contribution in [1.29, 1.82) is 0 Å². The highest BCUT2D eigenvalue weighted by Gasteiger charge is 2.35. The summed E-state index contributed by atoms with van der Waals surface area (Å²) in [5, 5.41) is 5.31. The Kier molecular flexibility index (Phi) is 6.67. The summed E-state index contributed by atoms with van der Waals surface area (Å²) in [4.78, 5) is 11.5. The number of alkyl carbamates (subject to hydrolysis) is 1. The fourth-order valence-electron chi connectivity index (χ4n) is 2.04. The van der Waals surface area contributed by atoms with E-state index in [0.717, 1.165) is 5.56 Å². The minimum Gasteiger partial charge on any atom is -0.445 e. The first-order valence-electron chi connectivity index (χ1n) is 6.13. The van der Waals surface area contributed by atoms with Crippen molar-refractivity contribution < 1.29 is 18.3 Å². The number of carbonyl (C=O) groups is 1. The Balaban J connectivity index is 0.00000200. The van der Waals surface area contributed by atoms with Crippen molar-refractivity contribution in [1.82, 2.24) is 10.6 Å². The molecule has 1 aliphatic rings. The van der Waals surface area contributed by atoms with Crippen LogP contribution in [0.5, 0.6) is 0 Å². The molecule has 0 bridgehead atoms. The van der Waals surface area contributed by atoms with E-state index in [-0.39, 0.29) is 25.6 Å². The van der Waals surface area contributed by atoms with Crippen LogP contribution in [0.1, 0.15) is 5.56 Å². The zero-order valence-electron chi connectivity index (χ0n) is 10.7. The third kappa shape index (κ3) is 4.61. The Morgan fingerprint density at radius 2 is 2.05 bits per heavy atom. The average molecular weight is 307 g/mol. The van der Waals surface area contributed by atoms with Crippen molar-refractivity contribution in [2.24, 2.45) is 5.92 Å². The summed E-state index contributed by atoms with van der Waals surface area (Å²) in [6.07, 6.45) is -3.11. The SMILES string of the molecule is Cl.O=C(N[C@@H]1CNC[C@H]1C(F)F)OCc1ccccc1. The molecule has 1 amide bonds. The molecule has 2 rings (SSSR count). The first kappa shape index (κ1) is 16.7. The van der Waals surface area contributed by atoms with Gasteiger partial charge in [0, 0.05) is 13.1 Å². The van der Waals surface area contributed by atoms with Crippen LogP contribution < -0.4 is 10.6 Å². The molecule has 7 heteroatoms. The van der Waals surface area contributed by atoms with Crippen molar-refractivity contribution in [3.63, 3.8) is 0 Å². The van der Waals surface area contributed by atoms with E-state index in [9.17, 15) is 13.6 Å². The molecule has 1 fully saturated rings. The van der Waals surface area contributed by atoms with Crippen LogP contribution >= 0.6 is 12.4 Å². The van der Waals surface area contributed by atoms with E-state index in [1.807, 2.05) is 30.3 Å². The van der Waals surface area contributed by atoms with Crippen molar-refractivity contribution in [2.45, 2.75) is 19.1 Å². The standard InChI is InChI=1S/C13H16F2N2O2.ClH/c14-12(15)10-6-16-7-11(10)17-13(18)19-8-9-4-2-1-3-5-9;/h1-5,10-12,16H,6-8H2,(H,17,18);1H/t10-,11-;/m1./s1. The fraction of sp³-hybridized carbons (Fsp3) is 0.462. The fourth-order valence-corrected chi connectivity index (χ4v) is 2.04. The van der Waals surface area contributed by atoms with Crippen LogP contribution in [0.4, 0.5) is 13.6 Å². The van der Waals surface area contributed by atoms with Crippen LogP contribution in [-0.4, -0.2) is 31.7 Å². The minimum absolute atomic E-state index is 0. The first-order chi connectivity index (χ1) is 9.16. The number of nitrogens with one attached hydrogen (secondary N) is 2. The van der Waals surface area contributed by atoms with Gasteiger partial charge in [-0.3, -0.25) is 0 Å². The molecule has 2 atom stereocenters. The van der Waals surface area contributed by atoms with E-state index < -0.39 is 24.5 Å². The number of hydrogen-bond donors (Lipinski definition) is 2. The summed E-state index contributed by atoms with van der Waals surface area (Å²) >= 11 is 0. The van der Waals surface area contributed by atoms with Gasteiger partial charge in [0.2, 0.25) is 6.43 Å². The van der Waals surface area contributed by atoms with Crippen LogP contribution in [0.15, 0.2) is 30.3 Å². The lowest BCUT2D eigenvalue weighted by molar-refractivity contribution is 0.0697. The van der Waals surface area contributed by atoms with Crippen molar-refractivity contribution in [3.8, 4) is 0 Å². The van der Waals surface area contributed by atoms with Crippen LogP contribution in [0, 0.1) is 5.92 Å². The second-order valence-electron chi connectivity index (χ2n) is 4.47. The van der Waals surface area contributed by atoms with Gasteiger partial charge < -0.3 is 15.4 Å². The third-order valence-electron chi connectivity index (χ3n) is 3.10. The van der Waals surface area contributed by atoms with E-state index in [1.54, 1.807) is 0 Å². The minimum atomic E-state index is -2.45. The summed E-state index contributed by atoms with van der Waals surface area (Å²) in [7, 11) is 0. The molecule has 0 aromatic heterocycles. The van der Waals surface area contributed by atoms with E-state index in [1.165, 1.54) is 0 Å². The molecule has 1 saturated heterocycles. The second kappa shape index (κ2) is 8.01. The van der Waals surface area contributed by atoms with Crippen LogP contribution in [0.2, 0.25) is 0 Å².